The van der Waals surface area contributed by atoms with Crippen molar-refractivity contribution in [1.82, 2.24) is 19.1 Å². The molecule has 1 aliphatic carbocycles. The minimum absolute atomic E-state index is 0.0662. The van der Waals surface area contributed by atoms with Crippen LogP contribution in [0, 0.1) is 0 Å². The van der Waals surface area contributed by atoms with Gasteiger partial charge in [-0.05, 0) is 18.9 Å². The SMILES string of the molecule is Cn1cc(-c2cn(C3CCCCC3)c3nc(NCCOC(F)F)ncc23)ccc1=O. The summed E-state index contributed by atoms with van der Waals surface area (Å²) in [6, 6.07) is 3.72. The van der Waals surface area contributed by atoms with Crippen molar-refractivity contribution < 1.29 is 13.5 Å². The van der Waals surface area contributed by atoms with Crippen molar-refractivity contribution in [3.8, 4) is 11.1 Å². The molecule has 0 aromatic carbocycles. The lowest BCUT2D eigenvalue weighted by Gasteiger charge is -2.23. The van der Waals surface area contributed by atoms with E-state index in [-0.39, 0.29) is 18.7 Å². The second-order valence-electron chi connectivity index (χ2n) is 7.60. The monoisotopic (exact) mass is 417 g/mol. The first kappa shape index (κ1) is 20.5. The maximum atomic E-state index is 12.1. The molecule has 1 saturated carbocycles. The Morgan fingerprint density at radius 1 is 1.23 bits per heavy atom. The van der Waals surface area contributed by atoms with E-state index in [1.165, 1.54) is 19.3 Å². The van der Waals surface area contributed by atoms with Crippen LogP contribution in [0.5, 0.6) is 0 Å². The van der Waals surface area contributed by atoms with Crippen molar-refractivity contribution in [3.63, 3.8) is 0 Å². The average Bonchev–Trinajstić information content (AvgIpc) is 3.12. The third-order valence-electron chi connectivity index (χ3n) is 5.57. The molecule has 0 aliphatic heterocycles. The number of aromatic nitrogens is 4. The van der Waals surface area contributed by atoms with Gasteiger partial charge in [0, 0.05) is 60.8 Å². The van der Waals surface area contributed by atoms with Gasteiger partial charge in [0.15, 0.2) is 0 Å². The Balaban J connectivity index is 1.71. The van der Waals surface area contributed by atoms with E-state index in [2.05, 4.69) is 30.8 Å². The summed E-state index contributed by atoms with van der Waals surface area (Å²) < 4.78 is 32.3. The molecule has 0 amide bonds. The van der Waals surface area contributed by atoms with Gasteiger partial charge in [-0.1, -0.05) is 19.3 Å². The van der Waals surface area contributed by atoms with E-state index < -0.39 is 6.61 Å². The highest BCUT2D eigenvalue weighted by atomic mass is 19.3. The molecule has 7 nitrogen and oxygen atoms in total. The predicted molar refractivity (Wildman–Crippen MR) is 111 cm³/mol. The summed E-state index contributed by atoms with van der Waals surface area (Å²) in [5, 5.41) is 3.85. The number of rotatable bonds is 7. The minimum Gasteiger partial charge on any atom is -0.352 e. The Kier molecular flexibility index (Phi) is 6.08. The summed E-state index contributed by atoms with van der Waals surface area (Å²) in [6.07, 6.45) is 11.4. The van der Waals surface area contributed by atoms with E-state index in [0.717, 1.165) is 35.0 Å². The fraction of sp³-hybridized carbons (Fsp3) is 0.476. The zero-order valence-electron chi connectivity index (χ0n) is 16.9. The number of alkyl halides is 2. The molecule has 0 atom stereocenters. The molecule has 0 bridgehead atoms. The van der Waals surface area contributed by atoms with Crippen molar-refractivity contribution in [2.45, 2.75) is 44.8 Å². The van der Waals surface area contributed by atoms with Gasteiger partial charge in [-0.25, -0.2) is 4.98 Å². The largest absolute Gasteiger partial charge is 0.352 e. The Labute approximate surface area is 172 Å². The molecule has 1 N–H and O–H groups in total. The molecule has 1 aliphatic rings. The Bertz CT molecular complexity index is 1070. The smallest absolute Gasteiger partial charge is 0.345 e. The summed E-state index contributed by atoms with van der Waals surface area (Å²) in [5.74, 6) is 0.377. The van der Waals surface area contributed by atoms with Gasteiger partial charge >= 0.3 is 6.61 Å². The van der Waals surface area contributed by atoms with Gasteiger partial charge in [0.1, 0.15) is 5.65 Å². The van der Waals surface area contributed by atoms with Crippen LogP contribution in [0.3, 0.4) is 0 Å². The first-order valence-electron chi connectivity index (χ1n) is 10.2. The first-order valence-corrected chi connectivity index (χ1v) is 10.2. The van der Waals surface area contributed by atoms with Crippen LogP contribution in [0.1, 0.15) is 38.1 Å². The Hall–Kier alpha value is -2.81. The highest BCUT2D eigenvalue weighted by Gasteiger charge is 2.21. The number of nitrogens with zero attached hydrogens (tertiary/aromatic N) is 4. The average molecular weight is 417 g/mol. The molecule has 0 spiro atoms. The van der Waals surface area contributed by atoms with E-state index in [0.29, 0.717) is 12.0 Å². The number of hydrogen-bond acceptors (Lipinski definition) is 5. The van der Waals surface area contributed by atoms with E-state index in [1.54, 1.807) is 23.9 Å². The molecule has 9 heteroatoms. The number of aryl methyl sites for hydroxylation is 1. The molecule has 3 aromatic heterocycles. The van der Waals surface area contributed by atoms with Crippen molar-refractivity contribution in [3.05, 3.63) is 41.1 Å². The lowest BCUT2D eigenvalue weighted by atomic mass is 9.95. The molecule has 3 heterocycles. The van der Waals surface area contributed by atoms with Crippen LogP contribution < -0.4 is 10.9 Å². The molecule has 3 aromatic rings. The number of pyridine rings is 1. The van der Waals surface area contributed by atoms with Crippen molar-refractivity contribution in [2.24, 2.45) is 7.05 Å². The van der Waals surface area contributed by atoms with Gasteiger partial charge in [-0.15, -0.1) is 0 Å². The fourth-order valence-electron chi connectivity index (χ4n) is 4.05. The van der Waals surface area contributed by atoms with Crippen LogP contribution in [0.15, 0.2) is 35.5 Å². The second kappa shape index (κ2) is 8.91. The Morgan fingerprint density at radius 2 is 2.03 bits per heavy atom. The van der Waals surface area contributed by atoms with E-state index in [9.17, 15) is 13.6 Å². The van der Waals surface area contributed by atoms with E-state index >= 15 is 0 Å². The molecular weight excluding hydrogens is 392 g/mol. The lowest BCUT2D eigenvalue weighted by Crippen LogP contribution is -2.15. The number of fused-ring (bicyclic) bond motifs is 1. The zero-order chi connectivity index (χ0) is 21.1. The molecule has 4 rings (SSSR count). The van der Waals surface area contributed by atoms with Gasteiger partial charge in [0.25, 0.3) is 0 Å². The molecule has 1 fully saturated rings. The summed E-state index contributed by atoms with van der Waals surface area (Å²) in [6.45, 7) is -2.73. The maximum absolute atomic E-state index is 12.1. The third-order valence-corrected chi connectivity index (χ3v) is 5.57. The molecule has 0 unspecified atom stereocenters. The number of anilines is 1. The minimum atomic E-state index is -2.79. The molecule has 0 saturated heterocycles. The van der Waals surface area contributed by atoms with Gasteiger partial charge in [0.05, 0.1) is 6.61 Å². The van der Waals surface area contributed by atoms with Gasteiger partial charge < -0.3 is 19.2 Å². The number of ether oxygens (including phenoxy) is 1. The summed E-state index contributed by atoms with van der Waals surface area (Å²) in [7, 11) is 1.73. The van der Waals surface area contributed by atoms with E-state index in [4.69, 9.17) is 0 Å². The summed E-state index contributed by atoms with van der Waals surface area (Å²) in [5.41, 5.74) is 2.63. The van der Waals surface area contributed by atoms with Crippen LogP contribution in [0.2, 0.25) is 0 Å². The molecular formula is C21H25F2N5O2. The zero-order valence-corrected chi connectivity index (χ0v) is 16.9. The Morgan fingerprint density at radius 3 is 2.77 bits per heavy atom. The maximum Gasteiger partial charge on any atom is 0.345 e. The molecule has 30 heavy (non-hydrogen) atoms. The van der Waals surface area contributed by atoms with Crippen LogP contribution in [0.25, 0.3) is 22.2 Å². The standard InChI is InChI=1S/C21H25F2N5O2/c1-27-12-14(7-8-18(27)29)17-13-28(15-5-3-2-4-6-15)19-16(17)11-25-21(26-19)24-9-10-30-20(22)23/h7-8,11-13,15,20H,2-6,9-10H2,1H3,(H,24,25,26). The van der Waals surface area contributed by atoms with Crippen LogP contribution in [0.4, 0.5) is 14.7 Å². The normalized spacial score (nSPS) is 15.2. The third kappa shape index (κ3) is 4.35. The second-order valence-corrected chi connectivity index (χ2v) is 7.60. The number of halogens is 2. The fourth-order valence-corrected chi connectivity index (χ4v) is 4.05. The van der Waals surface area contributed by atoms with E-state index in [1.807, 2.05) is 12.3 Å². The van der Waals surface area contributed by atoms with Crippen molar-refractivity contribution in [2.75, 3.05) is 18.5 Å². The number of nitrogens with one attached hydrogen (secondary N) is 1. The quantitative estimate of drug-likeness (QED) is 0.589. The molecule has 0 radical (unpaired) electrons. The van der Waals surface area contributed by atoms with Crippen LogP contribution in [-0.2, 0) is 11.8 Å². The summed E-state index contributed by atoms with van der Waals surface area (Å²) >= 11 is 0. The van der Waals surface area contributed by atoms with Crippen molar-refractivity contribution >= 4 is 17.0 Å². The first-order chi connectivity index (χ1) is 14.5. The topological polar surface area (TPSA) is 74.0 Å². The van der Waals surface area contributed by atoms with Crippen LogP contribution >= 0.6 is 0 Å². The predicted octanol–water partition coefficient (Wildman–Crippen LogP) is 3.95. The number of hydrogen-bond donors (Lipinski definition) is 1. The van der Waals surface area contributed by atoms with Crippen molar-refractivity contribution in [1.29, 1.82) is 0 Å². The lowest BCUT2D eigenvalue weighted by molar-refractivity contribution is -0.125. The molecule has 160 valence electrons. The highest BCUT2D eigenvalue weighted by molar-refractivity contribution is 5.94. The summed E-state index contributed by atoms with van der Waals surface area (Å²) in [4.78, 5) is 20.8. The van der Waals surface area contributed by atoms with Gasteiger partial charge in [0.2, 0.25) is 11.5 Å². The van der Waals surface area contributed by atoms with Gasteiger partial charge in [-0.2, -0.15) is 13.8 Å². The highest BCUT2D eigenvalue weighted by Crippen LogP contribution is 2.36. The van der Waals surface area contributed by atoms with Gasteiger partial charge in [-0.3, -0.25) is 4.79 Å². The van der Waals surface area contributed by atoms with Crippen LogP contribution in [-0.4, -0.2) is 38.9 Å².